The zero-order valence-corrected chi connectivity index (χ0v) is 9.55. The maximum atomic E-state index is 10.7. The molecule has 1 unspecified atom stereocenters. The summed E-state index contributed by atoms with van der Waals surface area (Å²) in [5.74, 6) is -0.943. The minimum atomic E-state index is -0.943. The van der Waals surface area contributed by atoms with Crippen LogP contribution < -0.4 is 11.1 Å². The van der Waals surface area contributed by atoms with Crippen molar-refractivity contribution in [3.05, 3.63) is 10.9 Å². The van der Waals surface area contributed by atoms with Crippen LogP contribution in [0.15, 0.2) is 6.07 Å². The van der Waals surface area contributed by atoms with E-state index in [2.05, 4.69) is 5.32 Å². The van der Waals surface area contributed by atoms with E-state index in [9.17, 15) is 4.79 Å². The zero-order chi connectivity index (χ0) is 11.5. The van der Waals surface area contributed by atoms with Crippen molar-refractivity contribution in [1.29, 1.82) is 0 Å². The number of thiophene rings is 1. The van der Waals surface area contributed by atoms with E-state index in [0.29, 0.717) is 17.2 Å². The Balaban J connectivity index is 1.95. The first-order valence-corrected chi connectivity index (χ1v) is 5.96. The summed E-state index contributed by atoms with van der Waals surface area (Å²) in [6.07, 6.45) is 2.35. The molecule has 0 radical (unpaired) electrons. The van der Waals surface area contributed by atoms with Crippen LogP contribution in [0.2, 0.25) is 0 Å². The number of carboxylic acid groups (broad SMARTS) is 1. The van der Waals surface area contributed by atoms with Crippen LogP contribution in [0.5, 0.6) is 0 Å². The van der Waals surface area contributed by atoms with E-state index in [4.69, 9.17) is 15.6 Å². The molecule has 6 heteroatoms. The van der Waals surface area contributed by atoms with Crippen molar-refractivity contribution in [2.45, 2.75) is 18.9 Å². The largest absolute Gasteiger partial charge is 0.477 e. The second kappa shape index (κ2) is 4.71. The Morgan fingerprint density at radius 2 is 2.56 bits per heavy atom. The lowest BCUT2D eigenvalue weighted by Gasteiger charge is -2.10. The molecule has 4 N–H and O–H groups in total. The summed E-state index contributed by atoms with van der Waals surface area (Å²) in [6.45, 7) is 1.49. The van der Waals surface area contributed by atoms with Gasteiger partial charge in [0, 0.05) is 13.2 Å². The fraction of sp³-hybridized carbons (Fsp3) is 0.500. The molecule has 1 aliphatic heterocycles. The SMILES string of the molecule is Nc1sc(C(=O)O)cc1NCC1CCCO1. The third-order valence-electron chi connectivity index (χ3n) is 2.52. The fourth-order valence-electron chi connectivity index (χ4n) is 1.68. The maximum Gasteiger partial charge on any atom is 0.346 e. The summed E-state index contributed by atoms with van der Waals surface area (Å²) < 4.78 is 5.45. The fourth-order valence-corrected chi connectivity index (χ4v) is 2.42. The van der Waals surface area contributed by atoms with Gasteiger partial charge in [0.25, 0.3) is 0 Å². The van der Waals surface area contributed by atoms with Gasteiger partial charge < -0.3 is 20.9 Å². The van der Waals surface area contributed by atoms with Crippen molar-refractivity contribution >= 4 is 28.0 Å². The molecule has 5 nitrogen and oxygen atoms in total. The molecule has 0 spiro atoms. The van der Waals surface area contributed by atoms with Gasteiger partial charge in [-0.1, -0.05) is 0 Å². The Morgan fingerprint density at radius 3 is 3.12 bits per heavy atom. The quantitative estimate of drug-likeness (QED) is 0.747. The van der Waals surface area contributed by atoms with Crippen molar-refractivity contribution in [3.8, 4) is 0 Å². The standard InChI is InChI=1S/C10H14N2O3S/c11-9-7(4-8(16-9)10(13)14)12-5-6-2-1-3-15-6/h4,6,12H,1-3,5,11H2,(H,13,14). The molecule has 88 valence electrons. The van der Waals surface area contributed by atoms with Crippen molar-refractivity contribution < 1.29 is 14.6 Å². The van der Waals surface area contributed by atoms with E-state index in [1.54, 1.807) is 6.07 Å². The van der Waals surface area contributed by atoms with E-state index in [1.165, 1.54) is 0 Å². The predicted molar refractivity (Wildman–Crippen MR) is 63.2 cm³/mol. The number of aromatic carboxylic acids is 1. The number of hydrogen-bond acceptors (Lipinski definition) is 5. The molecule has 1 aromatic rings. The number of anilines is 2. The van der Waals surface area contributed by atoms with Gasteiger partial charge >= 0.3 is 5.97 Å². The third kappa shape index (κ3) is 2.45. The van der Waals surface area contributed by atoms with Gasteiger partial charge in [-0.2, -0.15) is 0 Å². The number of nitrogen functional groups attached to an aromatic ring is 1. The van der Waals surface area contributed by atoms with Crippen LogP contribution in [0.3, 0.4) is 0 Å². The number of carbonyl (C=O) groups is 1. The van der Waals surface area contributed by atoms with Gasteiger partial charge in [-0.3, -0.25) is 0 Å². The maximum absolute atomic E-state index is 10.7. The third-order valence-corrected chi connectivity index (χ3v) is 3.47. The van der Waals surface area contributed by atoms with Crippen molar-refractivity contribution in [2.75, 3.05) is 24.2 Å². The number of carboxylic acids is 1. The molecule has 1 atom stereocenters. The van der Waals surface area contributed by atoms with Gasteiger partial charge in [0.15, 0.2) is 0 Å². The number of hydrogen-bond donors (Lipinski definition) is 3. The predicted octanol–water partition coefficient (Wildman–Crippen LogP) is 1.62. The van der Waals surface area contributed by atoms with Gasteiger partial charge in [0.1, 0.15) is 9.88 Å². The van der Waals surface area contributed by atoms with Crippen molar-refractivity contribution in [2.24, 2.45) is 0 Å². The Labute approximate surface area is 97.2 Å². The minimum absolute atomic E-state index is 0.215. The smallest absolute Gasteiger partial charge is 0.346 e. The molecule has 2 heterocycles. The minimum Gasteiger partial charge on any atom is -0.477 e. The second-order valence-electron chi connectivity index (χ2n) is 3.71. The summed E-state index contributed by atoms with van der Waals surface area (Å²) in [5, 5.41) is 12.4. The molecule has 0 aromatic carbocycles. The van der Waals surface area contributed by atoms with Gasteiger partial charge in [0.2, 0.25) is 0 Å². The molecule has 1 saturated heterocycles. The number of nitrogens with two attached hydrogens (primary N) is 1. The van der Waals surface area contributed by atoms with Gasteiger partial charge in [-0.05, 0) is 18.9 Å². The van der Waals surface area contributed by atoms with E-state index >= 15 is 0 Å². The average Bonchev–Trinajstić information content (AvgIpc) is 2.84. The van der Waals surface area contributed by atoms with E-state index in [1.807, 2.05) is 0 Å². The molecule has 1 fully saturated rings. The molecular formula is C10H14N2O3S. The monoisotopic (exact) mass is 242 g/mol. The molecule has 2 rings (SSSR count). The molecule has 16 heavy (non-hydrogen) atoms. The van der Waals surface area contributed by atoms with Gasteiger partial charge in [-0.15, -0.1) is 11.3 Å². The second-order valence-corrected chi connectivity index (χ2v) is 4.79. The molecule has 1 aromatic heterocycles. The summed E-state index contributed by atoms with van der Waals surface area (Å²) in [4.78, 5) is 11.0. The summed E-state index contributed by atoms with van der Waals surface area (Å²) in [6, 6.07) is 1.57. The van der Waals surface area contributed by atoms with Crippen LogP contribution in [0.25, 0.3) is 0 Å². The Morgan fingerprint density at radius 1 is 1.75 bits per heavy atom. The lowest BCUT2D eigenvalue weighted by Crippen LogP contribution is -2.18. The highest BCUT2D eigenvalue weighted by Crippen LogP contribution is 2.30. The number of ether oxygens (including phenoxy) is 1. The first kappa shape index (κ1) is 11.2. The molecule has 1 aliphatic rings. The first-order chi connectivity index (χ1) is 7.66. The summed E-state index contributed by atoms with van der Waals surface area (Å²) >= 11 is 1.08. The lowest BCUT2D eigenvalue weighted by molar-refractivity contribution is 0.0702. The Kier molecular flexibility index (Phi) is 3.31. The Hall–Kier alpha value is -1.27. The number of rotatable bonds is 4. The Bertz CT molecular complexity index is 385. The van der Waals surface area contributed by atoms with Crippen LogP contribution >= 0.6 is 11.3 Å². The lowest BCUT2D eigenvalue weighted by atomic mass is 10.2. The van der Waals surface area contributed by atoms with Crippen molar-refractivity contribution in [1.82, 2.24) is 0 Å². The highest BCUT2D eigenvalue weighted by atomic mass is 32.1. The van der Waals surface area contributed by atoms with Gasteiger partial charge in [0.05, 0.1) is 11.8 Å². The first-order valence-electron chi connectivity index (χ1n) is 5.15. The molecule has 0 bridgehead atoms. The van der Waals surface area contributed by atoms with E-state index in [0.717, 1.165) is 30.8 Å². The highest BCUT2D eigenvalue weighted by Gasteiger charge is 2.17. The van der Waals surface area contributed by atoms with E-state index < -0.39 is 5.97 Å². The van der Waals surface area contributed by atoms with Crippen LogP contribution in [0, 0.1) is 0 Å². The van der Waals surface area contributed by atoms with Crippen molar-refractivity contribution in [3.63, 3.8) is 0 Å². The zero-order valence-electron chi connectivity index (χ0n) is 8.73. The molecular weight excluding hydrogens is 228 g/mol. The normalized spacial score (nSPS) is 19.9. The topological polar surface area (TPSA) is 84.6 Å². The average molecular weight is 242 g/mol. The van der Waals surface area contributed by atoms with Crippen LogP contribution in [0.4, 0.5) is 10.7 Å². The summed E-state index contributed by atoms with van der Waals surface area (Å²) in [5.41, 5.74) is 6.41. The van der Waals surface area contributed by atoms with E-state index in [-0.39, 0.29) is 11.0 Å². The summed E-state index contributed by atoms with van der Waals surface area (Å²) in [7, 11) is 0. The highest BCUT2D eigenvalue weighted by molar-refractivity contribution is 7.18. The molecule has 0 aliphatic carbocycles. The van der Waals surface area contributed by atoms with Gasteiger partial charge in [-0.25, -0.2) is 4.79 Å². The number of nitrogens with one attached hydrogen (secondary N) is 1. The van der Waals surface area contributed by atoms with Crippen LogP contribution in [0.1, 0.15) is 22.5 Å². The molecule has 0 amide bonds. The molecule has 0 saturated carbocycles. The van der Waals surface area contributed by atoms with Crippen LogP contribution in [-0.4, -0.2) is 30.3 Å². The van der Waals surface area contributed by atoms with Crippen LogP contribution in [-0.2, 0) is 4.74 Å².